The van der Waals surface area contributed by atoms with Gasteiger partial charge in [0.05, 0.1) is 6.61 Å². The zero-order chi connectivity index (χ0) is 14.5. The van der Waals surface area contributed by atoms with Crippen molar-refractivity contribution in [3.8, 4) is 11.8 Å². The van der Waals surface area contributed by atoms with Gasteiger partial charge in [0.1, 0.15) is 23.0 Å². The predicted molar refractivity (Wildman–Crippen MR) is 69.6 cm³/mol. The maximum absolute atomic E-state index is 11.3. The molecule has 6 nitrogen and oxygen atoms in total. The second-order valence-corrected chi connectivity index (χ2v) is 4.10. The standard InChI is InChI=1S/C14H11NO5/c15-8-10-6-9-7-11(19-5-1-2-13(16)17)3-4-12(9)20-14(10)18/h3-4,6-7H,1-2,5H2,(H,16,17). The second-order valence-electron chi connectivity index (χ2n) is 4.10. The molecular formula is C14H11NO5. The van der Waals surface area contributed by atoms with Crippen LogP contribution in [0.2, 0.25) is 0 Å². The Hall–Kier alpha value is -2.81. The molecule has 20 heavy (non-hydrogen) atoms. The van der Waals surface area contributed by atoms with E-state index in [2.05, 4.69) is 0 Å². The van der Waals surface area contributed by atoms with E-state index < -0.39 is 11.6 Å². The highest BCUT2D eigenvalue weighted by Crippen LogP contribution is 2.20. The molecule has 0 radical (unpaired) electrons. The van der Waals surface area contributed by atoms with Crippen molar-refractivity contribution in [2.75, 3.05) is 6.61 Å². The second kappa shape index (κ2) is 5.89. The molecule has 0 unspecified atom stereocenters. The van der Waals surface area contributed by atoms with Gasteiger partial charge in [0.25, 0.3) is 0 Å². The van der Waals surface area contributed by atoms with Crippen molar-refractivity contribution in [1.82, 2.24) is 0 Å². The van der Waals surface area contributed by atoms with E-state index in [-0.39, 0.29) is 18.6 Å². The van der Waals surface area contributed by atoms with Crippen LogP contribution in [0.25, 0.3) is 11.0 Å². The van der Waals surface area contributed by atoms with Crippen LogP contribution in [0.5, 0.6) is 5.75 Å². The number of hydrogen-bond donors (Lipinski definition) is 1. The summed E-state index contributed by atoms with van der Waals surface area (Å²) in [5.74, 6) is -0.340. The van der Waals surface area contributed by atoms with Crippen LogP contribution in [0.1, 0.15) is 18.4 Å². The van der Waals surface area contributed by atoms with Crippen LogP contribution in [-0.2, 0) is 4.79 Å². The first-order valence-corrected chi connectivity index (χ1v) is 5.93. The number of hydrogen-bond acceptors (Lipinski definition) is 5. The van der Waals surface area contributed by atoms with Crippen LogP contribution in [-0.4, -0.2) is 17.7 Å². The van der Waals surface area contributed by atoms with Gasteiger partial charge in [0.2, 0.25) is 0 Å². The zero-order valence-electron chi connectivity index (χ0n) is 10.5. The fourth-order valence-electron chi connectivity index (χ4n) is 1.68. The Labute approximate surface area is 113 Å². The molecule has 0 aliphatic rings. The fourth-order valence-corrected chi connectivity index (χ4v) is 1.68. The number of carbonyl (C=O) groups is 1. The van der Waals surface area contributed by atoms with Crippen LogP contribution >= 0.6 is 0 Å². The van der Waals surface area contributed by atoms with Crippen molar-refractivity contribution in [2.45, 2.75) is 12.8 Å². The molecule has 1 aromatic carbocycles. The highest BCUT2D eigenvalue weighted by molar-refractivity contribution is 5.79. The lowest BCUT2D eigenvalue weighted by Crippen LogP contribution is -2.04. The molecule has 0 atom stereocenters. The van der Waals surface area contributed by atoms with Crippen molar-refractivity contribution >= 4 is 16.9 Å². The summed E-state index contributed by atoms with van der Waals surface area (Å²) in [5.41, 5.74) is -0.373. The van der Waals surface area contributed by atoms with Gasteiger partial charge >= 0.3 is 11.6 Å². The molecular weight excluding hydrogens is 262 g/mol. The van der Waals surface area contributed by atoms with Gasteiger partial charge in [-0.15, -0.1) is 0 Å². The molecule has 2 rings (SSSR count). The Morgan fingerprint density at radius 2 is 2.20 bits per heavy atom. The van der Waals surface area contributed by atoms with E-state index in [0.29, 0.717) is 23.1 Å². The lowest BCUT2D eigenvalue weighted by Gasteiger charge is -2.06. The summed E-state index contributed by atoms with van der Waals surface area (Å²) < 4.78 is 10.4. The van der Waals surface area contributed by atoms with Crippen molar-refractivity contribution in [3.63, 3.8) is 0 Å². The SMILES string of the molecule is N#Cc1cc2cc(OCCCC(=O)O)ccc2oc1=O. The van der Waals surface area contributed by atoms with E-state index in [1.54, 1.807) is 24.3 Å². The summed E-state index contributed by atoms with van der Waals surface area (Å²) in [6.07, 6.45) is 0.446. The molecule has 2 aromatic rings. The molecule has 0 saturated heterocycles. The van der Waals surface area contributed by atoms with Gasteiger partial charge in [-0.3, -0.25) is 4.79 Å². The first-order valence-electron chi connectivity index (χ1n) is 5.93. The lowest BCUT2D eigenvalue weighted by atomic mass is 10.2. The van der Waals surface area contributed by atoms with Crippen molar-refractivity contribution in [1.29, 1.82) is 5.26 Å². The van der Waals surface area contributed by atoms with Crippen molar-refractivity contribution < 1.29 is 19.1 Å². The van der Waals surface area contributed by atoms with E-state index >= 15 is 0 Å². The van der Waals surface area contributed by atoms with Crippen molar-refractivity contribution in [2.24, 2.45) is 0 Å². The Balaban J connectivity index is 2.16. The van der Waals surface area contributed by atoms with Crippen LogP contribution in [0.4, 0.5) is 0 Å². The number of fused-ring (bicyclic) bond motifs is 1. The third-order valence-corrected chi connectivity index (χ3v) is 2.63. The summed E-state index contributed by atoms with van der Waals surface area (Å²) in [6, 6.07) is 8.03. The van der Waals surface area contributed by atoms with Crippen LogP contribution in [0.15, 0.2) is 33.5 Å². The van der Waals surface area contributed by atoms with Crippen molar-refractivity contribution in [3.05, 3.63) is 40.2 Å². The average molecular weight is 273 g/mol. The number of carboxylic acid groups (broad SMARTS) is 1. The number of benzene rings is 1. The molecule has 0 saturated carbocycles. The first-order chi connectivity index (χ1) is 9.60. The minimum Gasteiger partial charge on any atom is -0.494 e. The van der Waals surface area contributed by atoms with Gasteiger partial charge in [-0.2, -0.15) is 5.26 Å². The zero-order valence-corrected chi connectivity index (χ0v) is 10.5. The summed E-state index contributed by atoms with van der Waals surface area (Å²) >= 11 is 0. The van der Waals surface area contributed by atoms with Crippen LogP contribution in [0.3, 0.4) is 0 Å². The van der Waals surface area contributed by atoms with Gasteiger partial charge in [-0.1, -0.05) is 0 Å². The minimum atomic E-state index is -0.868. The summed E-state index contributed by atoms with van der Waals surface area (Å²) in [7, 11) is 0. The molecule has 0 aliphatic carbocycles. The summed E-state index contributed by atoms with van der Waals surface area (Å²) in [4.78, 5) is 21.7. The summed E-state index contributed by atoms with van der Waals surface area (Å²) in [6.45, 7) is 0.277. The Morgan fingerprint density at radius 1 is 1.40 bits per heavy atom. The van der Waals surface area contributed by atoms with E-state index in [0.717, 1.165) is 0 Å². The predicted octanol–water partition coefficient (Wildman–Crippen LogP) is 1.91. The number of nitrogens with zero attached hydrogens (tertiary/aromatic N) is 1. The monoisotopic (exact) mass is 273 g/mol. The van der Waals surface area contributed by atoms with E-state index in [4.69, 9.17) is 19.5 Å². The Morgan fingerprint density at radius 3 is 2.90 bits per heavy atom. The molecule has 0 spiro atoms. The van der Waals surface area contributed by atoms with Crippen LogP contribution in [0, 0.1) is 11.3 Å². The van der Waals surface area contributed by atoms with E-state index in [9.17, 15) is 9.59 Å². The highest BCUT2D eigenvalue weighted by atomic mass is 16.5. The quantitative estimate of drug-likeness (QED) is 0.659. The fraction of sp³-hybridized carbons (Fsp3) is 0.214. The third-order valence-electron chi connectivity index (χ3n) is 2.63. The maximum Gasteiger partial charge on any atom is 0.354 e. The van der Waals surface area contributed by atoms with Gasteiger partial charge in [0, 0.05) is 11.8 Å². The normalized spacial score (nSPS) is 10.2. The smallest absolute Gasteiger partial charge is 0.354 e. The molecule has 6 heteroatoms. The highest BCUT2D eigenvalue weighted by Gasteiger charge is 2.06. The molecule has 1 N–H and O–H groups in total. The molecule has 0 aliphatic heterocycles. The Kier molecular flexibility index (Phi) is 4.01. The number of ether oxygens (including phenoxy) is 1. The maximum atomic E-state index is 11.3. The third kappa shape index (κ3) is 3.14. The average Bonchev–Trinajstić information content (AvgIpc) is 2.42. The van der Waals surface area contributed by atoms with E-state index in [1.165, 1.54) is 6.07 Å². The molecule has 102 valence electrons. The Bertz CT molecular complexity index is 741. The van der Waals surface area contributed by atoms with Crippen LogP contribution < -0.4 is 10.4 Å². The molecule has 1 heterocycles. The number of rotatable bonds is 5. The van der Waals surface area contributed by atoms with Gasteiger partial charge in [-0.05, 0) is 30.7 Å². The number of nitriles is 1. The minimum absolute atomic E-state index is 0.0427. The molecule has 0 bridgehead atoms. The van der Waals surface area contributed by atoms with Gasteiger partial charge < -0.3 is 14.3 Å². The molecule has 0 amide bonds. The molecule has 0 fully saturated rings. The number of aliphatic carboxylic acids is 1. The topological polar surface area (TPSA) is 101 Å². The van der Waals surface area contributed by atoms with E-state index in [1.807, 2.05) is 0 Å². The summed E-state index contributed by atoms with van der Waals surface area (Å²) in [5, 5.41) is 17.9. The van der Waals surface area contributed by atoms with Gasteiger partial charge in [0.15, 0.2) is 0 Å². The largest absolute Gasteiger partial charge is 0.494 e. The lowest BCUT2D eigenvalue weighted by molar-refractivity contribution is -0.137. The molecule has 1 aromatic heterocycles. The number of carboxylic acids is 1. The first kappa shape index (κ1) is 13.6. The van der Waals surface area contributed by atoms with Gasteiger partial charge in [-0.25, -0.2) is 4.79 Å².